The number of carbonyl (C=O) groups excluding carboxylic acids is 1. The summed E-state index contributed by atoms with van der Waals surface area (Å²) in [7, 11) is 3.20. The van der Waals surface area contributed by atoms with E-state index in [9.17, 15) is 4.79 Å². The van der Waals surface area contributed by atoms with Crippen molar-refractivity contribution in [2.45, 2.75) is 26.8 Å². The van der Waals surface area contributed by atoms with Gasteiger partial charge in [-0.25, -0.2) is 0 Å². The Kier molecular flexibility index (Phi) is 5.27. The maximum absolute atomic E-state index is 12.4. The predicted octanol–water partition coefficient (Wildman–Crippen LogP) is 3.81. The standard InChI is InChI=1S/C19H23NO3/c1-12-6-7-16(10-13(12)2)19(21)20-14(3)15-8-9-17(22-4)18(11-15)23-5/h6-11,14H,1-5H3,(H,20,21)/t14-/m1/s1. The smallest absolute Gasteiger partial charge is 0.251 e. The highest BCUT2D eigenvalue weighted by molar-refractivity contribution is 5.94. The molecule has 0 aliphatic rings. The second-order valence-electron chi connectivity index (χ2n) is 5.61. The Bertz CT molecular complexity index is 710. The first kappa shape index (κ1) is 16.9. The summed E-state index contributed by atoms with van der Waals surface area (Å²) in [5, 5.41) is 3.01. The van der Waals surface area contributed by atoms with Gasteiger partial charge < -0.3 is 14.8 Å². The van der Waals surface area contributed by atoms with Crippen molar-refractivity contribution >= 4 is 5.91 Å². The van der Waals surface area contributed by atoms with Crippen molar-refractivity contribution in [3.63, 3.8) is 0 Å². The molecule has 0 bridgehead atoms. The molecule has 0 unspecified atom stereocenters. The minimum absolute atomic E-state index is 0.0876. The lowest BCUT2D eigenvalue weighted by Crippen LogP contribution is -2.26. The second kappa shape index (κ2) is 7.18. The molecule has 0 aliphatic carbocycles. The molecule has 2 aromatic carbocycles. The number of benzene rings is 2. The molecule has 0 spiro atoms. The van der Waals surface area contributed by atoms with Crippen LogP contribution in [0.3, 0.4) is 0 Å². The summed E-state index contributed by atoms with van der Waals surface area (Å²) < 4.78 is 10.5. The molecule has 23 heavy (non-hydrogen) atoms. The highest BCUT2D eigenvalue weighted by Crippen LogP contribution is 2.30. The van der Waals surface area contributed by atoms with Crippen molar-refractivity contribution in [2.24, 2.45) is 0 Å². The summed E-state index contributed by atoms with van der Waals surface area (Å²) in [5.74, 6) is 1.23. The highest BCUT2D eigenvalue weighted by atomic mass is 16.5. The van der Waals surface area contributed by atoms with Crippen LogP contribution in [-0.4, -0.2) is 20.1 Å². The summed E-state index contributed by atoms with van der Waals surface area (Å²) in [6, 6.07) is 11.2. The normalized spacial score (nSPS) is 11.7. The van der Waals surface area contributed by atoms with Crippen LogP contribution in [0, 0.1) is 13.8 Å². The van der Waals surface area contributed by atoms with Crippen molar-refractivity contribution in [1.82, 2.24) is 5.32 Å². The molecule has 2 rings (SSSR count). The van der Waals surface area contributed by atoms with E-state index in [-0.39, 0.29) is 11.9 Å². The van der Waals surface area contributed by atoms with Crippen molar-refractivity contribution in [2.75, 3.05) is 14.2 Å². The number of aryl methyl sites for hydroxylation is 2. The van der Waals surface area contributed by atoms with Crippen molar-refractivity contribution < 1.29 is 14.3 Å². The van der Waals surface area contributed by atoms with Gasteiger partial charge in [-0.3, -0.25) is 4.79 Å². The molecule has 0 fully saturated rings. The van der Waals surface area contributed by atoms with Crippen LogP contribution in [-0.2, 0) is 0 Å². The first-order chi connectivity index (χ1) is 11.0. The van der Waals surface area contributed by atoms with Crippen molar-refractivity contribution in [1.29, 1.82) is 0 Å². The van der Waals surface area contributed by atoms with Gasteiger partial charge in [-0.05, 0) is 61.7 Å². The van der Waals surface area contributed by atoms with E-state index in [1.807, 2.05) is 57.2 Å². The van der Waals surface area contributed by atoms with Gasteiger partial charge in [0.05, 0.1) is 20.3 Å². The highest BCUT2D eigenvalue weighted by Gasteiger charge is 2.14. The molecule has 0 radical (unpaired) electrons. The summed E-state index contributed by atoms with van der Waals surface area (Å²) in [5.41, 5.74) is 3.91. The Balaban J connectivity index is 2.16. The Morgan fingerprint density at radius 3 is 2.26 bits per heavy atom. The monoisotopic (exact) mass is 313 g/mol. The molecule has 4 heteroatoms. The minimum Gasteiger partial charge on any atom is -0.493 e. The van der Waals surface area contributed by atoms with Crippen LogP contribution in [0.5, 0.6) is 11.5 Å². The molecule has 0 aliphatic heterocycles. The average Bonchev–Trinajstić information content (AvgIpc) is 2.56. The van der Waals surface area contributed by atoms with E-state index in [2.05, 4.69) is 5.32 Å². The van der Waals surface area contributed by atoms with Gasteiger partial charge >= 0.3 is 0 Å². The van der Waals surface area contributed by atoms with Gasteiger partial charge in [-0.15, -0.1) is 0 Å². The first-order valence-electron chi connectivity index (χ1n) is 7.56. The topological polar surface area (TPSA) is 47.6 Å². The second-order valence-corrected chi connectivity index (χ2v) is 5.61. The third-order valence-electron chi connectivity index (χ3n) is 4.02. The van der Waals surface area contributed by atoms with Crippen molar-refractivity contribution in [3.8, 4) is 11.5 Å². The number of rotatable bonds is 5. The van der Waals surface area contributed by atoms with Crippen LogP contribution >= 0.6 is 0 Å². The zero-order valence-electron chi connectivity index (χ0n) is 14.3. The van der Waals surface area contributed by atoms with E-state index in [0.717, 1.165) is 11.1 Å². The van der Waals surface area contributed by atoms with Crippen LogP contribution in [0.25, 0.3) is 0 Å². The summed E-state index contributed by atoms with van der Waals surface area (Å²) in [6.07, 6.45) is 0. The fourth-order valence-corrected chi connectivity index (χ4v) is 2.37. The van der Waals surface area contributed by atoms with Crippen LogP contribution in [0.15, 0.2) is 36.4 Å². The number of hydrogen-bond acceptors (Lipinski definition) is 3. The van der Waals surface area contributed by atoms with Gasteiger partial charge in [0, 0.05) is 5.56 Å². The summed E-state index contributed by atoms with van der Waals surface area (Å²) >= 11 is 0. The Hall–Kier alpha value is -2.49. The molecule has 0 aromatic heterocycles. The first-order valence-corrected chi connectivity index (χ1v) is 7.56. The number of nitrogens with one attached hydrogen (secondary N) is 1. The number of methoxy groups -OCH3 is 2. The number of amides is 1. The molecule has 4 nitrogen and oxygen atoms in total. The van der Waals surface area contributed by atoms with Gasteiger partial charge in [0.15, 0.2) is 11.5 Å². The van der Waals surface area contributed by atoms with Crippen LogP contribution in [0.4, 0.5) is 0 Å². The molecule has 0 heterocycles. The zero-order chi connectivity index (χ0) is 17.0. The van der Waals surface area contributed by atoms with E-state index in [4.69, 9.17) is 9.47 Å². The van der Waals surface area contributed by atoms with Gasteiger partial charge in [-0.2, -0.15) is 0 Å². The maximum atomic E-state index is 12.4. The molecule has 1 atom stereocenters. The number of ether oxygens (including phenoxy) is 2. The van der Waals surface area contributed by atoms with Gasteiger partial charge in [-0.1, -0.05) is 12.1 Å². The predicted molar refractivity (Wildman–Crippen MR) is 91.3 cm³/mol. The molecule has 0 saturated heterocycles. The third kappa shape index (κ3) is 3.83. The molecular formula is C19H23NO3. The van der Waals surface area contributed by atoms with Crippen LogP contribution < -0.4 is 14.8 Å². The van der Waals surface area contributed by atoms with E-state index >= 15 is 0 Å². The maximum Gasteiger partial charge on any atom is 0.251 e. The Labute approximate surface area is 137 Å². The Morgan fingerprint density at radius 1 is 0.957 bits per heavy atom. The minimum atomic E-state index is -0.135. The van der Waals surface area contributed by atoms with Gasteiger partial charge in [0.1, 0.15) is 0 Å². The lowest BCUT2D eigenvalue weighted by atomic mass is 10.0. The fourth-order valence-electron chi connectivity index (χ4n) is 2.37. The lowest BCUT2D eigenvalue weighted by molar-refractivity contribution is 0.0939. The number of carbonyl (C=O) groups is 1. The summed E-state index contributed by atoms with van der Waals surface area (Å²) in [6.45, 7) is 5.98. The van der Waals surface area contributed by atoms with E-state index < -0.39 is 0 Å². The van der Waals surface area contributed by atoms with Crippen molar-refractivity contribution in [3.05, 3.63) is 58.7 Å². The molecule has 1 N–H and O–H groups in total. The zero-order valence-corrected chi connectivity index (χ0v) is 14.3. The van der Waals surface area contributed by atoms with Gasteiger partial charge in [0.25, 0.3) is 5.91 Å². The summed E-state index contributed by atoms with van der Waals surface area (Å²) in [4.78, 5) is 12.4. The van der Waals surface area contributed by atoms with E-state index in [1.54, 1.807) is 14.2 Å². The average molecular weight is 313 g/mol. The Morgan fingerprint density at radius 2 is 1.65 bits per heavy atom. The van der Waals surface area contributed by atoms with E-state index in [1.165, 1.54) is 5.56 Å². The molecule has 2 aromatic rings. The molecule has 1 amide bonds. The fraction of sp³-hybridized carbons (Fsp3) is 0.316. The quantitative estimate of drug-likeness (QED) is 0.913. The van der Waals surface area contributed by atoms with Crippen LogP contribution in [0.2, 0.25) is 0 Å². The molecule has 0 saturated carbocycles. The molecular weight excluding hydrogens is 290 g/mol. The third-order valence-corrected chi connectivity index (χ3v) is 4.02. The number of hydrogen-bond donors (Lipinski definition) is 1. The lowest BCUT2D eigenvalue weighted by Gasteiger charge is -2.17. The van der Waals surface area contributed by atoms with Gasteiger partial charge in [0.2, 0.25) is 0 Å². The largest absolute Gasteiger partial charge is 0.493 e. The molecule has 122 valence electrons. The SMILES string of the molecule is COc1ccc([C@@H](C)NC(=O)c2ccc(C)c(C)c2)cc1OC. The van der Waals surface area contributed by atoms with E-state index in [0.29, 0.717) is 17.1 Å². The van der Waals surface area contributed by atoms with Crippen LogP contribution in [0.1, 0.15) is 40.0 Å².